The summed E-state index contributed by atoms with van der Waals surface area (Å²) in [5.41, 5.74) is 4.32. The van der Waals surface area contributed by atoms with Crippen LogP contribution in [0.25, 0.3) is 0 Å². The largest absolute Gasteiger partial charge is 0.314 e. The third-order valence-corrected chi connectivity index (χ3v) is 6.07. The molecule has 1 aromatic heterocycles. The molecule has 4 fully saturated rings. The summed E-state index contributed by atoms with van der Waals surface area (Å²) >= 11 is 0. The Labute approximate surface area is 121 Å². The molecule has 0 spiro atoms. The first-order valence-electron chi connectivity index (χ1n) is 8.16. The monoisotopic (exact) mass is 271 g/mol. The second-order valence-electron chi connectivity index (χ2n) is 7.52. The van der Waals surface area contributed by atoms with Gasteiger partial charge in [-0.3, -0.25) is 0 Å². The number of hydrogen-bond acceptors (Lipinski definition) is 3. The first kappa shape index (κ1) is 12.8. The second kappa shape index (κ2) is 4.52. The van der Waals surface area contributed by atoms with E-state index < -0.39 is 0 Å². The standard InChI is InChI=1S/C17H25N3/c1-11-15(9-18-2)19-10-20-16(11)17-6-12-3-13(7-17)5-14(4-12)8-17/h10,12-14,18H,3-9H2,1-2H3. The molecule has 1 heterocycles. The van der Waals surface area contributed by atoms with Gasteiger partial charge in [-0.2, -0.15) is 0 Å². The minimum Gasteiger partial charge on any atom is -0.314 e. The van der Waals surface area contributed by atoms with E-state index in [0.717, 1.165) is 24.3 Å². The highest BCUT2D eigenvalue weighted by molar-refractivity contribution is 5.32. The second-order valence-corrected chi connectivity index (χ2v) is 7.52. The zero-order chi connectivity index (χ0) is 13.7. The Morgan fingerprint density at radius 3 is 2.25 bits per heavy atom. The minimum atomic E-state index is 0.393. The zero-order valence-electron chi connectivity index (χ0n) is 12.7. The zero-order valence-corrected chi connectivity index (χ0v) is 12.7. The highest BCUT2D eigenvalue weighted by Gasteiger charge is 2.52. The molecule has 108 valence electrons. The first-order valence-corrected chi connectivity index (χ1v) is 8.16. The van der Waals surface area contributed by atoms with Crippen molar-refractivity contribution in [3.63, 3.8) is 0 Å². The molecular formula is C17H25N3. The Kier molecular flexibility index (Phi) is 2.88. The van der Waals surface area contributed by atoms with E-state index >= 15 is 0 Å². The molecule has 0 radical (unpaired) electrons. The molecule has 0 unspecified atom stereocenters. The molecule has 0 aromatic carbocycles. The molecule has 0 atom stereocenters. The molecule has 4 bridgehead atoms. The summed E-state index contributed by atoms with van der Waals surface area (Å²) in [6.45, 7) is 3.09. The van der Waals surface area contributed by atoms with Gasteiger partial charge in [-0.1, -0.05) is 0 Å². The summed E-state index contributed by atoms with van der Waals surface area (Å²) in [5.74, 6) is 2.93. The Morgan fingerprint density at radius 1 is 1.10 bits per heavy atom. The Morgan fingerprint density at radius 2 is 1.70 bits per heavy atom. The summed E-state index contributed by atoms with van der Waals surface area (Å²) in [7, 11) is 1.99. The van der Waals surface area contributed by atoms with Crippen LogP contribution in [0.4, 0.5) is 0 Å². The van der Waals surface area contributed by atoms with E-state index in [0.29, 0.717) is 5.41 Å². The molecule has 0 saturated heterocycles. The van der Waals surface area contributed by atoms with Crippen molar-refractivity contribution in [3.05, 3.63) is 23.3 Å². The summed E-state index contributed by atoms with van der Waals surface area (Å²) in [4.78, 5) is 9.25. The van der Waals surface area contributed by atoms with Gasteiger partial charge in [-0.15, -0.1) is 0 Å². The highest BCUT2D eigenvalue weighted by Crippen LogP contribution is 2.60. The Hall–Kier alpha value is -0.960. The Bertz CT molecular complexity index is 488. The number of nitrogens with one attached hydrogen (secondary N) is 1. The fourth-order valence-corrected chi connectivity index (χ4v) is 5.77. The Balaban J connectivity index is 1.75. The highest BCUT2D eigenvalue weighted by atomic mass is 14.9. The van der Waals surface area contributed by atoms with Crippen molar-refractivity contribution < 1.29 is 0 Å². The van der Waals surface area contributed by atoms with Crippen LogP contribution in [0.5, 0.6) is 0 Å². The lowest BCUT2D eigenvalue weighted by Gasteiger charge is -2.56. The van der Waals surface area contributed by atoms with Crippen molar-refractivity contribution in [2.75, 3.05) is 7.05 Å². The van der Waals surface area contributed by atoms with Crippen LogP contribution in [0.2, 0.25) is 0 Å². The molecule has 3 nitrogen and oxygen atoms in total. The van der Waals surface area contributed by atoms with Crippen molar-refractivity contribution in [2.45, 2.75) is 57.4 Å². The van der Waals surface area contributed by atoms with E-state index in [-0.39, 0.29) is 0 Å². The molecule has 0 aliphatic heterocycles. The fraction of sp³-hybridized carbons (Fsp3) is 0.765. The predicted molar refractivity (Wildman–Crippen MR) is 79.4 cm³/mol. The van der Waals surface area contributed by atoms with Gasteiger partial charge in [0.05, 0.1) is 11.4 Å². The van der Waals surface area contributed by atoms with Gasteiger partial charge in [0.2, 0.25) is 0 Å². The van der Waals surface area contributed by atoms with Crippen LogP contribution in [-0.4, -0.2) is 17.0 Å². The van der Waals surface area contributed by atoms with E-state index in [1.54, 1.807) is 6.33 Å². The van der Waals surface area contributed by atoms with E-state index in [9.17, 15) is 0 Å². The van der Waals surface area contributed by atoms with Gasteiger partial charge < -0.3 is 5.32 Å². The summed E-state index contributed by atoms with van der Waals surface area (Å²) in [6.07, 6.45) is 10.4. The molecule has 20 heavy (non-hydrogen) atoms. The third kappa shape index (κ3) is 1.82. The topological polar surface area (TPSA) is 37.8 Å². The number of nitrogens with zero attached hydrogens (tertiary/aromatic N) is 2. The molecule has 4 aliphatic rings. The lowest BCUT2D eigenvalue weighted by Crippen LogP contribution is -2.49. The fourth-order valence-electron chi connectivity index (χ4n) is 5.77. The average Bonchev–Trinajstić information content (AvgIpc) is 2.39. The van der Waals surface area contributed by atoms with Gasteiger partial charge in [0.1, 0.15) is 6.33 Å². The predicted octanol–water partition coefficient (Wildman–Crippen LogP) is 2.97. The molecule has 1 aromatic rings. The molecule has 0 amide bonds. The van der Waals surface area contributed by atoms with E-state index in [4.69, 9.17) is 4.98 Å². The summed E-state index contributed by atoms with van der Waals surface area (Å²) < 4.78 is 0. The molecular weight excluding hydrogens is 246 g/mol. The van der Waals surface area contributed by atoms with Crippen molar-refractivity contribution in [2.24, 2.45) is 17.8 Å². The maximum absolute atomic E-state index is 4.77. The van der Waals surface area contributed by atoms with Crippen LogP contribution in [-0.2, 0) is 12.0 Å². The van der Waals surface area contributed by atoms with Gasteiger partial charge in [-0.25, -0.2) is 9.97 Å². The van der Waals surface area contributed by atoms with Gasteiger partial charge in [-0.05, 0) is 75.8 Å². The molecule has 4 saturated carbocycles. The van der Waals surface area contributed by atoms with E-state index in [2.05, 4.69) is 17.2 Å². The van der Waals surface area contributed by atoms with Crippen LogP contribution < -0.4 is 5.32 Å². The average molecular weight is 271 g/mol. The smallest absolute Gasteiger partial charge is 0.116 e. The van der Waals surface area contributed by atoms with Gasteiger partial charge >= 0.3 is 0 Å². The van der Waals surface area contributed by atoms with Gasteiger partial charge in [0, 0.05) is 12.0 Å². The number of rotatable bonds is 3. The molecule has 4 aliphatic carbocycles. The normalized spacial score (nSPS) is 38.4. The lowest BCUT2D eigenvalue weighted by molar-refractivity contribution is -0.00762. The van der Waals surface area contributed by atoms with Crippen LogP contribution in [0, 0.1) is 24.7 Å². The van der Waals surface area contributed by atoms with Crippen LogP contribution >= 0.6 is 0 Å². The van der Waals surface area contributed by atoms with Gasteiger partial charge in [0.25, 0.3) is 0 Å². The molecule has 3 heteroatoms. The maximum Gasteiger partial charge on any atom is 0.116 e. The quantitative estimate of drug-likeness (QED) is 0.918. The van der Waals surface area contributed by atoms with Crippen molar-refractivity contribution in [1.82, 2.24) is 15.3 Å². The molecule has 5 rings (SSSR count). The SMILES string of the molecule is CNCc1ncnc(C23CC4CC(CC(C4)C2)C3)c1C. The van der Waals surface area contributed by atoms with Gasteiger partial charge in [0.15, 0.2) is 0 Å². The van der Waals surface area contributed by atoms with Crippen molar-refractivity contribution in [3.8, 4) is 0 Å². The third-order valence-electron chi connectivity index (χ3n) is 6.07. The van der Waals surface area contributed by atoms with Crippen molar-refractivity contribution in [1.29, 1.82) is 0 Å². The summed E-state index contributed by atoms with van der Waals surface area (Å²) in [5, 5.41) is 3.24. The van der Waals surface area contributed by atoms with Crippen LogP contribution in [0.3, 0.4) is 0 Å². The number of aromatic nitrogens is 2. The van der Waals surface area contributed by atoms with Crippen molar-refractivity contribution >= 4 is 0 Å². The van der Waals surface area contributed by atoms with E-state index in [1.807, 2.05) is 7.05 Å². The summed E-state index contributed by atoms with van der Waals surface area (Å²) in [6, 6.07) is 0. The van der Waals surface area contributed by atoms with Crippen LogP contribution in [0.15, 0.2) is 6.33 Å². The van der Waals surface area contributed by atoms with Crippen LogP contribution in [0.1, 0.15) is 55.5 Å². The number of hydrogen-bond donors (Lipinski definition) is 1. The van der Waals surface area contributed by atoms with E-state index in [1.165, 1.54) is 55.5 Å². The maximum atomic E-state index is 4.77. The minimum absolute atomic E-state index is 0.393. The lowest BCUT2D eigenvalue weighted by atomic mass is 9.48. The first-order chi connectivity index (χ1) is 9.70. The molecule has 1 N–H and O–H groups in total.